The number of alkyl halides is 1. The fourth-order valence-electron chi connectivity index (χ4n) is 1.25. The summed E-state index contributed by atoms with van der Waals surface area (Å²) in [6, 6.07) is 7.21. The van der Waals surface area contributed by atoms with Gasteiger partial charge in [0.05, 0.1) is 7.11 Å². The van der Waals surface area contributed by atoms with Crippen LogP contribution in [0.3, 0.4) is 0 Å². The molecule has 1 atom stereocenters. The second-order valence-electron chi connectivity index (χ2n) is 3.32. The van der Waals surface area contributed by atoms with Gasteiger partial charge in [-0.25, -0.2) is 9.45 Å². The lowest BCUT2D eigenvalue weighted by atomic mass is 10.1. The lowest BCUT2D eigenvalue weighted by Gasteiger charge is -2.16. The largest absolute Gasteiger partial charge is 0.280 e. The first-order valence-corrected chi connectivity index (χ1v) is 5.54. The maximum absolute atomic E-state index is 13.6. The van der Waals surface area contributed by atoms with Crippen molar-refractivity contribution in [2.24, 2.45) is 0 Å². The molecule has 0 spiro atoms. The average molecular weight is 290 g/mol. The molecule has 0 N–H and O–H groups in total. The summed E-state index contributed by atoms with van der Waals surface area (Å²) in [5, 5.41) is 0.892. The molecule has 5 heteroatoms. The summed E-state index contributed by atoms with van der Waals surface area (Å²) in [5.41, 5.74) is 0.764. The molecule has 1 amide bonds. The number of hydrogen-bond donors (Lipinski definition) is 0. The highest BCUT2D eigenvalue weighted by atomic mass is 79.9. The van der Waals surface area contributed by atoms with Gasteiger partial charge in [0, 0.05) is 17.9 Å². The predicted octanol–water partition coefficient (Wildman–Crippen LogP) is 2.35. The zero-order valence-corrected chi connectivity index (χ0v) is 10.7. The molecule has 0 radical (unpaired) electrons. The lowest BCUT2D eigenvalue weighted by Crippen LogP contribution is -2.34. The fraction of sp³-hybridized carbons (Fsp3) is 0.364. The van der Waals surface area contributed by atoms with E-state index >= 15 is 0 Å². The van der Waals surface area contributed by atoms with E-state index in [2.05, 4.69) is 20.8 Å². The number of halogens is 2. The predicted molar refractivity (Wildman–Crippen MR) is 62.5 cm³/mol. The van der Waals surface area contributed by atoms with Gasteiger partial charge in [-0.15, -0.1) is 0 Å². The van der Waals surface area contributed by atoms with Gasteiger partial charge in [0.1, 0.15) is 0 Å². The second kappa shape index (κ2) is 5.96. The highest BCUT2D eigenvalue weighted by molar-refractivity contribution is 9.10. The SMILES string of the molecule is CON(C)C(=O)C(F)Cc1cccc(Br)c1. The maximum Gasteiger partial charge on any atom is 0.280 e. The maximum atomic E-state index is 13.6. The number of hydrogen-bond acceptors (Lipinski definition) is 2. The summed E-state index contributed by atoms with van der Waals surface area (Å²) >= 11 is 3.29. The van der Waals surface area contributed by atoms with Crippen LogP contribution in [0.1, 0.15) is 5.56 Å². The normalized spacial score (nSPS) is 12.2. The number of carbonyl (C=O) groups excluding carboxylic acids is 1. The first-order valence-electron chi connectivity index (χ1n) is 4.74. The number of hydroxylamine groups is 2. The Morgan fingerprint density at radius 1 is 1.62 bits per heavy atom. The molecule has 0 aliphatic rings. The van der Waals surface area contributed by atoms with Crippen LogP contribution in [-0.2, 0) is 16.1 Å². The smallest absolute Gasteiger partial charge is 0.274 e. The highest BCUT2D eigenvalue weighted by Crippen LogP contribution is 2.14. The van der Waals surface area contributed by atoms with Crippen molar-refractivity contribution in [3.8, 4) is 0 Å². The molecule has 0 bridgehead atoms. The van der Waals surface area contributed by atoms with E-state index in [4.69, 9.17) is 0 Å². The minimum Gasteiger partial charge on any atom is -0.274 e. The molecule has 0 saturated carbocycles. The van der Waals surface area contributed by atoms with E-state index in [1.807, 2.05) is 6.07 Å². The summed E-state index contributed by atoms with van der Waals surface area (Å²) in [6.07, 6.45) is -1.54. The van der Waals surface area contributed by atoms with Crippen LogP contribution in [-0.4, -0.2) is 31.3 Å². The van der Waals surface area contributed by atoms with Crippen LogP contribution < -0.4 is 0 Å². The third kappa shape index (κ3) is 3.57. The van der Waals surface area contributed by atoms with Gasteiger partial charge >= 0.3 is 0 Å². The minimum absolute atomic E-state index is 0.0476. The molecular weight excluding hydrogens is 277 g/mol. The van der Waals surface area contributed by atoms with Crippen molar-refractivity contribution in [3.05, 3.63) is 34.3 Å². The van der Waals surface area contributed by atoms with E-state index in [1.54, 1.807) is 18.2 Å². The zero-order chi connectivity index (χ0) is 12.1. The van der Waals surface area contributed by atoms with Gasteiger partial charge < -0.3 is 0 Å². The summed E-state index contributed by atoms with van der Waals surface area (Å²) in [7, 11) is 2.71. The topological polar surface area (TPSA) is 29.5 Å². The quantitative estimate of drug-likeness (QED) is 0.797. The Bertz CT molecular complexity index is 373. The van der Waals surface area contributed by atoms with E-state index in [0.717, 1.165) is 15.1 Å². The number of carbonyl (C=O) groups is 1. The molecule has 0 aliphatic carbocycles. The first-order chi connectivity index (χ1) is 7.54. The molecule has 1 aromatic rings. The molecule has 1 rings (SSSR count). The van der Waals surface area contributed by atoms with Gasteiger partial charge in [0.15, 0.2) is 6.17 Å². The summed E-state index contributed by atoms with van der Waals surface area (Å²) in [6.45, 7) is 0. The van der Waals surface area contributed by atoms with Gasteiger partial charge in [-0.1, -0.05) is 28.1 Å². The van der Waals surface area contributed by atoms with E-state index in [0.29, 0.717) is 0 Å². The fourth-order valence-corrected chi connectivity index (χ4v) is 1.69. The second-order valence-corrected chi connectivity index (χ2v) is 4.24. The molecule has 0 fully saturated rings. The van der Waals surface area contributed by atoms with Gasteiger partial charge in [0.25, 0.3) is 5.91 Å². The molecule has 1 aromatic carbocycles. The number of amides is 1. The van der Waals surface area contributed by atoms with Gasteiger partial charge in [-0.2, -0.15) is 0 Å². The van der Waals surface area contributed by atoms with Crippen molar-refractivity contribution in [1.82, 2.24) is 5.06 Å². The van der Waals surface area contributed by atoms with E-state index in [-0.39, 0.29) is 6.42 Å². The van der Waals surface area contributed by atoms with Crippen molar-refractivity contribution >= 4 is 21.8 Å². The third-order valence-corrected chi connectivity index (χ3v) is 2.65. The van der Waals surface area contributed by atoms with Crippen molar-refractivity contribution in [3.63, 3.8) is 0 Å². The standard InChI is InChI=1S/C11H13BrFNO2/c1-14(16-2)11(15)10(13)7-8-4-3-5-9(12)6-8/h3-6,10H,7H2,1-2H3. The highest BCUT2D eigenvalue weighted by Gasteiger charge is 2.21. The summed E-state index contributed by atoms with van der Waals surface area (Å²) < 4.78 is 14.4. The van der Waals surface area contributed by atoms with Crippen LogP contribution in [0.25, 0.3) is 0 Å². The molecule has 0 heterocycles. The van der Waals surface area contributed by atoms with Crippen molar-refractivity contribution in [2.45, 2.75) is 12.6 Å². The van der Waals surface area contributed by atoms with Crippen LogP contribution in [0, 0.1) is 0 Å². The summed E-state index contributed by atoms with van der Waals surface area (Å²) in [4.78, 5) is 16.0. The molecule has 0 saturated heterocycles. The average Bonchev–Trinajstić information content (AvgIpc) is 2.27. The number of benzene rings is 1. The molecular formula is C11H13BrFNO2. The van der Waals surface area contributed by atoms with Crippen LogP contribution in [0.5, 0.6) is 0 Å². The van der Waals surface area contributed by atoms with Crippen LogP contribution >= 0.6 is 15.9 Å². The van der Waals surface area contributed by atoms with Crippen LogP contribution in [0.15, 0.2) is 28.7 Å². The van der Waals surface area contributed by atoms with Crippen molar-refractivity contribution in [1.29, 1.82) is 0 Å². The van der Waals surface area contributed by atoms with Gasteiger partial charge in [-0.3, -0.25) is 9.63 Å². The number of rotatable bonds is 4. The van der Waals surface area contributed by atoms with Crippen molar-refractivity contribution < 1.29 is 14.0 Å². The summed E-state index contributed by atoms with van der Waals surface area (Å²) in [5.74, 6) is -0.678. The van der Waals surface area contributed by atoms with Crippen LogP contribution in [0.2, 0.25) is 0 Å². The Hall–Kier alpha value is -0.940. The Balaban J connectivity index is 2.64. The lowest BCUT2D eigenvalue weighted by molar-refractivity contribution is -0.174. The van der Waals surface area contributed by atoms with Gasteiger partial charge in [0.2, 0.25) is 0 Å². The zero-order valence-electron chi connectivity index (χ0n) is 9.11. The Morgan fingerprint density at radius 3 is 2.88 bits per heavy atom. The Labute approximate surface area is 102 Å². The monoisotopic (exact) mass is 289 g/mol. The molecule has 0 aromatic heterocycles. The Kier molecular flexibility index (Phi) is 4.89. The van der Waals surface area contributed by atoms with E-state index < -0.39 is 12.1 Å². The number of nitrogens with zero attached hydrogens (tertiary/aromatic N) is 1. The molecule has 1 unspecified atom stereocenters. The molecule has 88 valence electrons. The third-order valence-electron chi connectivity index (χ3n) is 2.16. The Morgan fingerprint density at radius 2 is 2.31 bits per heavy atom. The van der Waals surface area contributed by atoms with Gasteiger partial charge in [-0.05, 0) is 17.7 Å². The van der Waals surface area contributed by atoms with E-state index in [9.17, 15) is 9.18 Å². The minimum atomic E-state index is -1.58. The molecule has 0 aliphatic heterocycles. The van der Waals surface area contributed by atoms with E-state index in [1.165, 1.54) is 14.2 Å². The van der Waals surface area contributed by atoms with Crippen LogP contribution in [0.4, 0.5) is 4.39 Å². The molecule has 3 nitrogen and oxygen atoms in total. The van der Waals surface area contributed by atoms with Crippen molar-refractivity contribution in [2.75, 3.05) is 14.2 Å². The first kappa shape index (κ1) is 13.1. The molecule has 16 heavy (non-hydrogen) atoms.